The van der Waals surface area contributed by atoms with E-state index in [1.807, 2.05) is 37.3 Å². The van der Waals surface area contributed by atoms with Gasteiger partial charge in [0.05, 0.1) is 5.92 Å². The van der Waals surface area contributed by atoms with Gasteiger partial charge in [-0.3, -0.25) is 4.79 Å². The smallest absolute Gasteiger partial charge is 0.307 e. The first-order valence-corrected chi connectivity index (χ1v) is 4.43. The molecule has 1 fully saturated rings. The van der Waals surface area contributed by atoms with Crippen molar-refractivity contribution in [2.24, 2.45) is 5.92 Å². The van der Waals surface area contributed by atoms with Gasteiger partial charge in [0, 0.05) is 5.41 Å². The van der Waals surface area contributed by atoms with Crippen molar-refractivity contribution >= 4 is 5.97 Å². The molecule has 2 heteroatoms. The molecule has 1 aromatic carbocycles. The van der Waals surface area contributed by atoms with E-state index in [1.165, 1.54) is 0 Å². The Balaban J connectivity index is 2.25. The molecular formula is C11H12O2. The quantitative estimate of drug-likeness (QED) is 0.748. The Bertz CT molecular complexity index is 331. The Morgan fingerprint density at radius 1 is 1.46 bits per heavy atom. The molecule has 2 rings (SSSR count). The average Bonchev–Trinajstić information content (AvgIpc) is 2.82. The van der Waals surface area contributed by atoms with Crippen LogP contribution in [0, 0.1) is 5.92 Å². The van der Waals surface area contributed by atoms with E-state index in [4.69, 9.17) is 5.11 Å². The molecule has 1 aliphatic rings. The van der Waals surface area contributed by atoms with Crippen molar-refractivity contribution in [3.63, 3.8) is 0 Å². The molecule has 0 unspecified atom stereocenters. The van der Waals surface area contributed by atoms with Crippen molar-refractivity contribution < 1.29 is 9.90 Å². The number of hydrogen-bond acceptors (Lipinski definition) is 1. The van der Waals surface area contributed by atoms with Gasteiger partial charge >= 0.3 is 5.97 Å². The summed E-state index contributed by atoms with van der Waals surface area (Å²) in [6, 6.07) is 9.87. The normalized spacial score (nSPS) is 31.3. The van der Waals surface area contributed by atoms with Crippen LogP contribution in [-0.2, 0) is 10.2 Å². The van der Waals surface area contributed by atoms with E-state index in [9.17, 15) is 4.79 Å². The third-order valence-electron chi connectivity index (χ3n) is 2.97. The van der Waals surface area contributed by atoms with Crippen LogP contribution in [0.2, 0.25) is 0 Å². The zero-order valence-electron chi connectivity index (χ0n) is 7.53. The third kappa shape index (κ3) is 1.22. The average molecular weight is 176 g/mol. The van der Waals surface area contributed by atoms with Crippen molar-refractivity contribution in [2.75, 3.05) is 0 Å². The van der Waals surface area contributed by atoms with Gasteiger partial charge in [0.1, 0.15) is 0 Å². The first-order valence-electron chi connectivity index (χ1n) is 4.43. The fourth-order valence-corrected chi connectivity index (χ4v) is 1.86. The third-order valence-corrected chi connectivity index (χ3v) is 2.97. The van der Waals surface area contributed by atoms with E-state index in [0.717, 1.165) is 12.0 Å². The number of carboxylic acid groups (broad SMARTS) is 1. The lowest BCUT2D eigenvalue weighted by Gasteiger charge is -2.08. The summed E-state index contributed by atoms with van der Waals surface area (Å²) < 4.78 is 0. The highest BCUT2D eigenvalue weighted by molar-refractivity contribution is 5.77. The predicted molar refractivity (Wildman–Crippen MR) is 49.5 cm³/mol. The molecule has 0 aromatic heterocycles. The number of benzene rings is 1. The van der Waals surface area contributed by atoms with Crippen LogP contribution < -0.4 is 0 Å². The van der Waals surface area contributed by atoms with Crippen LogP contribution in [0.25, 0.3) is 0 Å². The lowest BCUT2D eigenvalue weighted by Crippen LogP contribution is -2.10. The van der Waals surface area contributed by atoms with E-state index in [1.54, 1.807) is 0 Å². The Morgan fingerprint density at radius 2 is 2.08 bits per heavy atom. The summed E-state index contributed by atoms with van der Waals surface area (Å²) in [6.07, 6.45) is 0.770. The number of hydrogen-bond donors (Lipinski definition) is 1. The van der Waals surface area contributed by atoms with Crippen LogP contribution in [0.15, 0.2) is 30.3 Å². The van der Waals surface area contributed by atoms with Crippen LogP contribution in [-0.4, -0.2) is 11.1 Å². The second kappa shape index (κ2) is 2.59. The molecular weight excluding hydrogens is 164 g/mol. The van der Waals surface area contributed by atoms with Gasteiger partial charge in [0.2, 0.25) is 0 Å². The monoisotopic (exact) mass is 176 g/mol. The molecule has 68 valence electrons. The van der Waals surface area contributed by atoms with Gasteiger partial charge in [-0.25, -0.2) is 0 Å². The molecule has 1 aromatic rings. The number of aliphatic carboxylic acids is 1. The maximum Gasteiger partial charge on any atom is 0.307 e. The number of carboxylic acids is 1. The van der Waals surface area contributed by atoms with Crippen molar-refractivity contribution in [3.05, 3.63) is 35.9 Å². The molecule has 2 atom stereocenters. The molecule has 0 heterocycles. The fraction of sp³-hybridized carbons (Fsp3) is 0.364. The standard InChI is InChI=1S/C11H12O2/c1-11(7-9(11)10(12)13)8-5-3-2-4-6-8/h2-6,9H,7H2,1H3,(H,12,13)/t9-,11+/m0/s1. The van der Waals surface area contributed by atoms with Crippen molar-refractivity contribution in [2.45, 2.75) is 18.8 Å². The van der Waals surface area contributed by atoms with E-state index < -0.39 is 5.97 Å². The lowest BCUT2D eigenvalue weighted by atomic mass is 9.96. The van der Waals surface area contributed by atoms with E-state index in [-0.39, 0.29) is 11.3 Å². The number of carbonyl (C=O) groups is 1. The largest absolute Gasteiger partial charge is 0.481 e. The predicted octanol–water partition coefficient (Wildman–Crippen LogP) is 2.05. The number of rotatable bonds is 2. The summed E-state index contributed by atoms with van der Waals surface area (Å²) in [6.45, 7) is 2.02. The SMILES string of the molecule is C[C@]1(c2ccccc2)C[C@H]1C(=O)O. The minimum atomic E-state index is -0.675. The van der Waals surface area contributed by atoms with Crippen LogP contribution in [0.5, 0.6) is 0 Å². The van der Waals surface area contributed by atoms with Gasteiger partial charge in [0.15, 0.2) is 0 Å². The Labute approximate surface area is 77.2 Å². The molecule has 0 aliphatic heterocycles. The van der Waals surface area contributed by atoms with Gasteiger partial charge < -0.3 is 5.11 Å². The van der Waals surface area contributed by atoms with Crippen molar-refractivity contribution in [1.82, 2.24) is 0 Å². The highest BCUT2D eigenvalue weighted by atomic mass is 16.4. The van der Waals surface area contributed by atoms with Gasteiger partial charge in [-0.05, 0) is 12.0 Å². The molecule has 1 N–H and O–H groups in total. The van der Waals surface area contributed by atoms with Crippen LogP contribution in [0.4, 0.5) is 0 Å². The zero-order chi connectivity index (χ0) is 9.47. The zero-order valence-corrected chi connectivity index (χ0v) is 7.53. The molecule has 13 heavy (non-hydrogen) atoms. The highest BCUT2D eigenvalue weighted by Crippen LogP contribution is 2.53. The van der Waals surface area contributed by atoms with Crippen LogP contribution >= 0.6 is 0 Å². The first-order chi connectivity index (χ1) is 6.14. The first kappa shape index (κ1) is 8.30. The van der Waals surface area contributed by atoms with E-state index in [0.29, 0.717) is 0 Å². The Morgan fingerprint density at radius 3 is 2.54 bits per heavy atom. The molecule has 0 radical (unpaired) electrons. The maximum absolute atomic E-state index is 10.8. The molecule has 1 saturated carbocycles. The molecule has 0 saturated heterocycles. The van der Waals surface area contributed by atoms with Gasteiger partial charge in [0.25, 0.3) is 0 Å². The van der Waals surface area contributed by atoms with Crippen molar-refractivity contribution in [1.29, 1.82) is 0 Å². The summed E-state index contributed by atoms with van der Waals surface area (Å²) >= 11 is 0. The van der Waals surface area contributed by atoms with Crippen molar-refractivity contribution in [3.8, 4) is 0 Å². The molecule has 2 nitrogen and oxygen atoms in total. The second-order valence-electron chi connectivity index (χ2n) is 3.88. The maximum atomic E-state index is 10.8. The molecule has 0 bridgehead atoms. The minimum absolute atomic E-state index is 0.118. The van der Waals surface area contributed by atoms with Gasteiger partial charge in [-0.1, -0.05) is 37.3 Å². The van der Waals surface area contributed by atoms with E-state index >= 15 is 0 Å². The lowest BCUT2D eigenvalue weighted by molar-refractivity contribution is -0.138. The minimum Gasteiger partial charge on any atom is -0.481 e. The second-order valence-corrected chi connectivity index (χ2v) is 3.88. The summed E-state index contributed by atoms with van der Waals surface area (Å²) in [7, 11) is 0. The van der Waals surface area contributed by atoms with Crippen LogP contribution in [0.3, 0.4) is 0 Å². The Kier molecular flexibility index (Phi) is 1.65. The topological polar surface area (TPSA) is 37.3 Å². The van der Waals surface area contributed by atoms with E-state index in [2.05, 4.69) is 0 Å². The Hall–Kier alpha value is -1.31. The summed E-state index contributed by atoms with van der Waals surface area (Å²) in [5.41, 5.74) is 1.02. The summed E-state index contributed by atoms with van der Waals surface area (Å²) in [5, 5.41) is 8.85. The molecule has 0 spiro atoms. The summed E-state index contributed by atoms with van der Waals surface area (Å²) in [4.78, 5) is 10.8. The van der Waals surface area contributed by atoms with Crippen LogP contribution in [0.1, 0.15) is 18.9 Å². The highest BCUT2D eigenvalue weighted by Gasteiger charge is 2.55. The van der Waals surface area contributed by atoms with Gasteiger partial charge in [-0.15, -0.1) is 0 Å². The fourth-order valence-electron chi connectivity index (χ4n) is 1.86. The molecule has 0 amide bonds. The summed E-state index contributed by atoms with van der Waals surface area (Å²) in [5.74, 6) is -0.860. The molecule has 1 aliphatic carbocycles. The van der Waals surface area contributed by atoms with Gasteiger partial charge in [-0.2, -0.15) is 0 Å².